The fourth-order valence-electron chi connectivity index (χ4n) is 3.39. The van der Waals surface area contributed by atoms with Gasteiger partial charge in [0.1, 0.15) is 5.75 Å². The van der Waals surface area contributed by atoms with E-state index in [1.165, 1.54) is 0 Å². The Hall–Kier alpha value is -2.99. The van der Waals surface area contributed by atoms with Crippen LogP contribution in [0.4, 0.5) is 5.82 Å². The van der Waals surface area contributed by atoms with Crippen LogP contribution in [-0.2, 0) is 0 Å². The van der Waals surface area contributed by atoms with Crippen LogP contribution in [0, 0.1) is 0 Å². The van der Waals surface area contributed by atoms with E-state index < -0.39 is 0 Å². The lowest BCUT2D eigenvalue weighted by molar-refractivity contribution is 0.0940. The van der Waals surface area contributed by atoms with Crippen molar-refractivity contribution in [1.82, 2.24) is 15.5 Å². The van der Waals surface area contributed by atoms with E-state index >= 15 is 0 Å². The summed E-state index contributed by atoms with van der Waals surface area (Å²) in [5, 5.41) is 11.1. The highest BCUT2D eigenvalue weighted by molar-refractivity contribution is 6.33. The van der Waals surface area contributed by atoms with Gasteiger partial charge in [-0.05, 0) is 48.4 Å². The number of hydrogen-bond donors (Lipinski definition) is 2. The standard InChI is InChI=1S/C21H21ClN4O2/c1-28-16-8-6-14(7-9-16)19-12-20(25-24-19)26-11-10-15(13-26)23-21(27)17-4-2-3-5-18(17)22/h2-9,12,15H,10-11,13H2,1H3,(H,23,27)(H,24,25). The summed E-state index contributed by atoms with van der Waals surface area (Å²) < 4.78 is 5.20. The van der Waals surface area contributed by atoms with Gasteiger partial charge in [0.05, 0.1) is 23.4 Å². The lowest BCUT2D eigenvalue weighted by Crippen LogP contribution is -2.37. The Morgan fingerprint density at radius 1 is 1.25 bits per heavy atom. The van der Waals surface area contributed by atoms with E-state index in [1.54, 1.807) is 19.2 Å². The SMILES string of the molecule is COc1ccc(-c2cc(N3CCC(NC(=O)c4ccccc4Cl)C3)n[nH]2)cc1. The zero-order chi connectivity index (χ0) is 19.5. The average Bonchev–Trinajstić information content (AvgIpc) is 3.38. The van der Waals surface area contributed by atoms with E-state index in [-0.39, 0.29) is 11.9 Å². The molecule has 28 heavy (non-hydrogen) atoms. The van der Waals surface area contributed by atoms with Crippen molar-refractivity contribution >= 4 is 23.3 Å². The maximum absolute atomic E-state index is 12.5. The van der Waals surface area contributed by atoms with Crippen LogP contribution in [0.2, 0.25) is 5.02 Å². The van der Waals surface area contributed by atoms with Crippen molar-refractivity contribution < 1.29 is 9.53 Å². The highest BCUT2D eigenvalue weighted by atomic mass is 35.5. The van der Waals surface area contributed by atoms with Gasteiger partial charge in [0.2, 0.25) is 0 Å². The minimum Gasteiger partial charge on any atom is -0.497 e. The highest BCUT2D eigenvalue weighted by Crippen LogP contribution is 2.26. The normalized spacial score (nSPS) is 16.2. The summed E-state index contributed by atoms with van der Waals surface area (Å²) in [5.41, 5.74) is 2.49. The number of hydrogen-bond acceptors (Lipinski definition) is 4. The molecule has 144 valence electrons. The number of rotatable bonds is 5. The number of aromatic nitrogens is 2. The number of carbonyl (C=O) groups is 1. The molecule has 1 saturated heterocycles. The lowest BCUT2D eigenvalue weighted by atomic mass is 10.1. The van der Waals surface area contributed by atoms with E-state index in [9.17, 15) is 4.79 Å². The molecule has 1 fully saturated rings. The third kappa shape index (κ3) is 3.82. The van der Waals surface area contributed by atoms with Crippen LogP contribution in [0.5, 0.6) is 5.75 Å². The summed E-state index contributed by atoms with van der Waals surface area (Å²) >= 11 is 6.12. The number of nitrogens with one attached hydrogen (secondary N) is 2. The van der Waals surface area contributed by atoms with E-state index in [1.807, 2.05) is 42.5 Å². The molecule has 1 unspecified atom stereocenters. The maximum Gasteiger partial charge on any atom is 0.253 e. The van der Waals surface area contributed by atoms with Crippen LogP contribution in [0.3, 0.4) is 0 Å². The van der Waals surface area contributed by atoms with Crippen molar-refractivity contribution in [2.45, 2.75) is 12.5 Å². The molecule has 7 heteroatoms. The Balaban J connectivity index is 1.40. The van der Waals surface area contributed by atoms with Crippen LogP contribution in [0.15, 0.2) is 54.6 Å². The molecule has 1 atom stereocenters. The fraction of sp³-hybridized carbons (Fsp3) is 0.238. The molecule has 0 aliphatic carbocycles. The van der Waals surface area contributed by atoms with Gasteiger partial charge < -0.3 is 15.0 Å². The first-order chi connectivity index (χ1) is 13.6. The Morgan fingerprint density at radius 3 is 2.79 bits per heavy atom. The van der Waals surface area contributed by atoms with Crippen LogP contribution >= 0.6 is 11.6 Å². The lowest BCUT2D eigenvalue weighted by Gasteiger charge is -2.16. The summed E-state index contributed by atoms with van der Waals surface area (Å²) in [7, 11) is 1.65. The molecular weight excluding hydrogens is 376 g/mol. The van der Waals surface area contributed by atoms with Crippen LogP contribution in [0.25, 0.3) is 11.3 Å². The molecule has 0 radical (unpaired) electrons. The molecule has 0 bridgehead atoms. The number of aromatic amines is 1. The fourth-order valence-corrected chi connectivity index (χ4v) is 3.61. The number of methoxy groups -OCH3 is 1. The van der Waals surface area contributed by atoms with Crippen molar-refractivity contribution in [2.75, 3.05) is 25.1 Å². The minimum absolute atomic E-state index is 0.0601. The number of amides is 1. The first-order valence-electron chi connectivity index (χ1n) is 9.14. The molecule has 2 aromatic carbocycles. The topological polar surface area (TPSA) is 70.2 Å². The minimum atomic E-state index is -0.140. The molecule has 2 heterocycles. The molecule has 1 aliphatic rings. The smallest absolute Gasteiger partial charge is 0.253 e. The third-order valence-electron chi connectivity index (χ3n) is 4.93. The number of H-pyrrole nitrogens is 1. The van der Waals surface area contributed by atoms with Gasteiger partial charge in [-0.2, -0.15) is 5.10 Å². The monoisotopic (exact) mass is 396 g/mol. The molecule has 1 amide bonds. The largest absolute Gasteiger partial charge is 0.497 e. The summed E-state index contributed by atoms with van der Waals surface area (Å²) in [6.07, 6.45) is 0.862. The zero-order valence-corrected chi connectivity index (χ0v) is 16.2. The van der Waals surface area contributed by atoms with Crippen LogP contribution in [-0.4, -0.2) is 42.3 Å². The second kappa shape index (κ2) is 7.94. The molecule has 2 N–H and O–H groups in total. The summed E-state index contributed by atoms with van der Waals surface area (Å²) in [6.45, 7) is 1.55. The van der Waals surface area contributed by atoms with Gasteiger partial charge in [-0.15, -0.1) is 0 Å². The first-order valence-corrected chi connectivity index (χ1v) is 9.52. The second-order valence-corrected chi connectivity index (χ2v) is 7.16. The Morgan fingerprint density at radius 2 is 2.04 bits per heavy atom. The number of nitrogens with zero attached hydrogens (tertiary/aromatic N) is 2. The highest BCUT2D eigenvalue weighted by Gasteiger charge is 2.26. The molecule has 3 aromatic rings. The third-order valence-corrected chi connectivity index (χ3v) is 5.26. The van der Waals surface area contributed by atoms with Gasteiger partial charge in [-0.1, -0.05) is 23.7 Å². The predicted octanol–water partition coefficient (Wildman–Crippen LogP) is 3.75. The molecule has 1 aliphatic heterocycles. The van der Waals surface area contributed by atoms with Crippen LogP contribution < -0.4 is 15.0 Å². The molecule has 0 spiro atoms. The molecule has 6 nitrogen and oxygen atoms in total. The average molecular weight is 397 g/mol. The Kier molecular flexibility index (Phi) is 5.21. The summed E-state index contributed by atoms with van der Waals surface area (Å²) in [4.78, 5) is 14.6. The molecule has 0 saturated carbocycles. The molecule has 1 aromatic heterocycles. The first kappa shape index (κ1) is 18.4. The van der Waals surface area contributed by atoms with Crippen molar-refractivity contribution in [3.8, 4) is 17.0 Å². The van der Waals surface area contributed by atoms with Crippen molar-refractivity contribution in [3.05, 3.63) is 65.2 Å². The van der Waals surface area contributed by atoms with E-state index in [0.29, 0.717) is 17.1 Å². The maximum atomic E-state index is 12.5. The number of carbonyl (C=O) groups excluding carboxylic acids is 1. The van der Waals surface area contributed by atoms with Crippen molar-refractivity contribution in [2.24, 2.45) is 0 Å². The number of benzene rings is 2. The molecule has 4 rings (SSSR count). The van der Waals surface area contributed by atoms with E-state index in [0.717, 1.165) is 35.8 Å². The summed E-state index contributed by atoms with van der Waals surface area (Å²) in [6, 6.07) is 17.0. The van der Waals surface area contributed by atoms with Crippen LogP contribution in [0.1, 0.15) is 16.8 Å². The number of halogens is 1. The van der Waals surface area contributed by atoms with E-state index in [4.69, 9.17) is 16.3 Å². The van der Waals surface area contributed by atoms with Gasteiger partial charge in [0.25, 0.3) is 5.91 Å². The van der Waals surface area contributed by atoms with Gasteiger partial charge in [-0.25, -0.2) is 0 Å². The zero-order valence-electron chi connectivity index (χ0n) is 15.5. The predicted molar refractivity (Wildman–Crippen MR) is 110 cm³/mol. The second-order valence-electron chi connectivity index (χ2n) is 6.75. The van der Waals surface area contributed by atoms with Crippen molar-refractivity contribution in [3.63, 3.8) is 0 Å². The van der Waals surface area contributed by atoms with Gasteiger partial charge >= 0.3 is 0 Å². The summed E-state index contributed by atoms with van der Waals surface area (Å²) in [5.74, 6) is 1.55. The molecular formula is C21H21ClN4O2. The quantitative estimate of drug-likeness (QED) is 0.689. The number of anilines is 1. The van der Waals surface area contributed by atoms with Gasteiger partial charge in [0.15, 0.2) is 5.82 Å². The van der Waals surface area contributed by atoms with Gasteiger partial charge in [0, 0.05) is 25.2 Å². The number of ether oxygens (including phenoxy) is 1. The Labute approximate surface area is 168 Å². The van der Waals surface area contributed by atoms with E-state index in [2.05, 4.69) is 20.4 Å². The van der Waals surface area contributed by atoms with Gasteiger partial charge in [-0.3, -0.25) is 9.89 Å². The van der Waals surface area contributed by atoms with Crippen molar-refractivity contribution in [1.29, 1.82) is 0 Å². The Bertz CT molecular complexity index is 971.